The van der Waals surface area contributed by atoms with Crippen LogP contribution >= 0.6 is 7.60 Å². The van der Waals surface area contributed by atoms with Crippen molar-refractivity contribution < 1.29 is 23.1 Å². The van der Waals surface area contributed by atoms with Crippen molar-refractivity contribution in [2.45, 2.75) is 50.2 Å². The molecule has 2 aliphatic rings. The van der Waals surface area contributed by atoms with Gasteiger partial charge in [0.25, 0.3) is 0 Å². The highest BCUT2D eigenvalue weighted by Gasteiger charge is 2.35. The SMILES string of the molecule is COP(=O)(OC)c1ccc(C2CCC(C(O)CC3c4c(F)cccc4-c4cncn43)CC2)cc1. The highest BCUT2D eigenvalue weighted by atomic mass is 31.2. The Hall–Kier alpha value is -2.31. The van der Waals surface area contributed by atoms with E-state index in [1.807, 2.05) is 34.9 Å². The summed E-state index contributed by atoms with van der Waals surface area (Å²) in [5.74, 6) is 0.351. The number of nitrogens with zero attached hydrogens (tertiary/aromatic N) is 2. The summed E-state index contributed by atoms with van der Waals surface area (Å²) in [6, 6.07) is 12.5. The van der Waals surface area contributed by atoms with Gasteiger partial charge in [0.1, 0.15) is 5.82 Å². The van der Waals surface area contributed by atoms with E-state index in [-0.39, 0.29) is 17.8 Å². The quantitative estimate of drug-likeness (QED) is 0.453. The molecular weight excluding hydrogens is 454 g/mol. The number of rotatable bonds is 7. The van der Waals surface area contributed by atoms with Crippen molar-refractivity contribution in [2.75, 3.05) is 14.2 Å². The van der Waals surface area contributed by atoms with Gasteiger partial charge in [-0.1, -0.05) is 24.3 Å². The number of hydrogen-bond donors (Lipinski definition) is 1. The second-order valence-corrected chi connectivity index (χ2v) is 11.5. The summed E-state index contributed by atoms with van der Waals surface area (Å²) >= 11 is 0. The van der Waals surface area contributed by atoms with Crippen molar-refractivity contribution in [3.8, 4) is 11.3 Å². The molecule has 0 radical (unpaired) electrons. The van der Waals surface area contributed by atoms with Crippen molar-refractivity contribution in [1.29, 1.82) is 0 Å². The Bertz CT molecular complexity index is 1200. The van der Waals surface area contributed by atoms with Crippen molar-refractivity contribution in [3.63, 3.8) is 0 Å². The van der Waals surface area contributed by atoms with Gasteiger partial charge in [0, 0.05) is 25.3 Å². The molecule has 0 saturated heterocycles. The minimum Gasteiger partial charge on any atom is -0.393 e. The highest BCUT2D eigenvalue weighted by Crippen LogP contribution is 2.47. The predicted molar refractivity (Wildman–Crippen MR) is 129 cm³/mol. The van der Waals surface area contributed by atoms with Gasteiger partial charge in [-0.25, -0.2) is 9.37 Å². The molecule has 1 aliphatic heterocycles. The van der Waals surface area contributed by atoms with E-state index in [9.17, 15) is 14.1 Å². The number of benzene rings is 2. The van der Waals surface area contributed by atoms with E-state index in [1.165, 1.54) is 25.8 Å². The molecule has 1 saturated carbocycles. The van der Waals surface area contributed by atoms with E-state index >= 15 is 0 Å². The van der Waals surface area contributed by atoms with E-state index < -0.39 is 13.7 Å². The first-order valence-corrected chi connectivity index (χ1v) is 13.3. The van der Waals surface area contributed by atoms with Crippen LogP contribution in [-0.2, 0) is 13.6 Å². The lowest BCUT2D eigenvalue weighted by molar-refractivity contribution is 0.0650. The van der Waals surface area contributed by atoms with Gasteiger partial charge in [-0.2, -0.15) is 0 Å². The molecule has 1 aliphatic carbocycles. The number of imidazole rings is 1. The lowest BCUT2D eigenvalue weighted by Gasteiger charge is -2.33. The fourth-order valence-electron chi connectivity index (χ4n) is 5.70. The Morgan fingerprint density at radius 1 is 1.12 bits per heavy atom. The second-order valence-electron chi connectivity index (χ2n) is 9.27. The van der Waals surface area contributed by atoms with Crippen molar-refractivity contribution in [3.05, 3.63) is 71.9 Å². The van der Waals surface area contributed by atoms with Crippen LogP contribution in [0.1, 0.15) is 55.2 Å². The maximum atomic E-state index is 14.7. The fraction of sp³-hybridized carbons (Fsp3) is 0.423. The number of fused-ring (bicyclic) bond motifs is 3. The zero-order valence-electron chi connectivity index (χ0n) is 19.4. The molecule has 1 N–H and O–H groups in total. The molecule has 1 aromatic heterocycles. The fourth-order valence-corrected chi connectivity index (χ4v) is 6.79. The maximum absolute atomic E-state index is 14.7. The van der Waals surface area contributed by atoms with Crippen LogP contribution in [0, 0.1) is 11.7 Å². The molecule has 0 amide bonds. The molecule has 2 unspecified atom stereocenters. The average molecular weight is 485 g/mol. The summed E-state index contributed by atoms with van der Waals surface area (Å²) < 4.78 is 39.4. The normalized spacial score (nSPS) is 22.9. The highest BCUT2D eigenvalue weighted by molar-refractivity contribution is 7.62. The number of aromatic nitrogens is 2. The molecule has 180 valence electrons. The smallest absolute Gasteiger partial charge is 0.360 e. The molecule has 3 aromatic rings. The van der Waals surface area contributed by atoms with E-state index in [1.54, 1.807) is 18.6 Å². The third-order valence-corrected chi connectivity index (χ3v) is 9.50. The standard InChI is InChI=1S/C26H30FN2O4P/c1-32-34(31,33-2)20-12-10-18(11-13-20)17-6-8-19(9-7-17)25(30)14-23-26-21(4-3-5-22(26)27)24-15-28-16-29(23)24/h3-5,10-13,15-17,19,23,25,30H,6-9,14H2,1-2H3. The number of halogens is 1. The average Bonchev–Trinajstić information content (AvgIpc) is 3.47. The van der Waals surface area contributed by atoms with Gasteiger partial charge in [-0.3, -0.25) is 4.57 Å². The van der Waals surface area contributed by atoms with Gasteiger partial charge < -0.3 is 18.7 Å². The topological polar surface area (TPSA) is 73.6 Å². The molecule has 0 bridgehead atoms. The predicted octanol–water partition coefficient (Wildman–Crippen LogP) is 5.43. The zero-order chi connectivity index (χ0) is 23.9. The molecule has 0 spiro atoms. The van der Waals surface area contributed by atoms with Crippen LogP contribution in [0.4, 0.5) is 4.39 Å². The van der Waals surface area contributed by atoms with Crippen LogP contribution in [0.2, 0.25) is 0 Å². The lowest BCUT2D eigenvalue weighted by atomic mass is 9.75. The van der Waals surface area contributed by atoms with Gasteiger partial charge in [-0.05, 0) is 67.7 Å². The van der Waals surface area contributed by atoms with Gasteiger partial charge in [-0.15, -0.1) is 0 Å². The summed E-state index contributed by atoms with van der Waals surface area (Å²) in [5.41, 5.74) is 3.64. The van der Waals surface area contributed by atoms with Gasteiger partial charge in [0.2, 0.25) is 0 Å². The summed E-state index contributed by atoms with van der Waals surface area (Å²) in [6.07, 6.45) is 7.23. The Morgan fingerprint density at radius 3 is 2.50 bits per heavy atom. The Labute approximate surface area is 199 Å². The monoisotopic (exact) mass is 484 g/mol. The minimum atomic E-state index is -3.24. The molecule has 2 atom stereocenters. The summed E-state index contributed by atoms with van der Waals surface area (Å²) in [7, 11) is -0.471. The Balaban J connectivity index is 1.24. The summed E-state index contributed by atoms with van der Waals surface area (Å²) in [4.78, 5) is 4.24. The first-order chi connectivity index (χ1) is 16.4. The third kappa shape index (κ3) is 4.05. The van der Waals surface area contributed by atoms with Gasteiger partial charge in [0.05, 0.1) is 35.7 Å². The van der Waals surface area contributed by atoms with Crippen LogP contribution in [0.15, 0.2) is 55.0 Å². The van der Waals surface area contributed by atoms with Gasteiger partial charge in [0.15, 0.2) is 0 Å². The third-order valence-electron chi connectivity index (χ3n) is 7.61. The van der Waals surface area contributed by atoms with E-state index in [2.05, 4.69) is 4.98 Å². The summed E-state index contributed by atoms with van der Waals surface area (Å²) in [6.45, 7) is 0. The number of aliphatic hydroxyl groups excluding tert-OH is 1. The molecular formula is C26H30FN2O4P. The van der Waals surface area contributed by atoms with Crippen LogP contribution in [-0.4, -0.2) is 35.0 Å². The van der Waals surface area contributed by atoms with Crippen molar-refractivity contribution in [2.24, 2.45) is 5.92 Å². The zero-order valence-corrected chi connectivity index (χ0v) is 20.3. The van der Waals surface area contributed by atoms with Crippen LogP contribution < -0.4 is 5.30 Å². The number of hydrogen-bond acceptors (Lipinski definition) is 5. The molecule has 6 nitrogen and oxygen atoms in total. The van der Waals surface area contributed by atoms with Crippen molar-refractivity contribution >= 4 is 12.9 Å². The maximum Gasteiger partial charge on any atom is 0.360 e. The van der Waals surface area contributed by atoms with E-state index in [4.69, 9.17) is 9.05 Å². The van der Waals surface area contributed by atoms with Crippen LogP contribution in [0.25, 0.3) is 11.3 Å². The van der Waals surface area contributed by atoms with Gasteiger partial charge >= 0.3 is 7.60 Å². The molecule has 5 rings (SSSR count). The largest absolute Gasteiger partial charge is 0.393 e. The van der Waals surface area contributed by atoms with E-state index in [0.29, 0.717) is 23.2 Å². The molecule has 34 heavy (non-hydrogen) atoms. The minimum absolute atomic E-state index is 0.181. The summed E-state index contributed by atoms with van der Waals surface area (Å²) in [5, 5.41) is 11.7. The second kappa shape index (κ2) is 9.38. The first-order valence-electron chi connectivity index (χ1n) is 11.8. The number of aliphatic hydroxyl groups is 1. The van der Waals surface area contributed by atoms with Crippen molar-refractivity contribution in [1.82, 2.24) is 9.55 Å². The first kappa shape index (κ1) is 23.4. The van der Waals surface area contributed by atoms with Crippen LogP contribution in [0.3, 0.4) is 0 Å². The molecule has 8 heteroatoms. The molecule has 2 aromatic carbocycles. The van der Waals surface area contributed by atoms with E-state index in [0.717, 1.165) is 36.9 Å². The molecule has 1 fully saturated rings. The van der Waals surface area contributed by atoms with Crippen LogP contribution in [0.5, 0.6) is 0 Å². The Kier molecular flexibility index (Phi) is 6.47. The molecule has 2 heterocycles. The Morgan fingerprint density at radius 2 is 1.82 bits per heavy atom. The lowest BCUT2D eigenvalue weighted by Crippen LogP contribution is -2.28.